The molecule has 0 fully saturated rings. The Balaban J connectivity index is 1.56. The van der Waals surface area contributed by atoms with E-state index >= 15 is 0 Å². The van der Waals surface area contributed by atoms with E-state index in [2.05, 4.69) is 35.6 Å². The molecule has 0 radical (unpaired) electrons. The molecule has 0 aliphatic carbocycles. The van der Waals surface area contributed by atoms with E-state index in [1.54, 1.807) is 12.1 Å². The van der Waals surface area contributed by atoms with Gasteiger partial charge < -0.3 is 5.32 Å². The van der Waals surface area contributed by atoms with Crippen molar-refractivity contribution < 1.29 is 4.39 Å². The van der Waals surface area contributed by atoms with Gasteiger partial charge in [0.15, 0.2) is 0 Å². The van der Waals surface area contributed by atoms with Gasteiger partial charge in [-0.15, -0.1) is 0 Å². The lowest BCUT2D eigenvalue weighted by atomic mass is 10.1. The molecule has 112 valence electrons. The van der Waals surface area contributed by atoms with Gasteiger partial charge in [-0.1, -0.05) is 36.4 Å². The molecule has 0 atom stereocenters. The Hall–Kier alpha value is -1.67. The molecule has 0 saturated carbocycles. The third-order valence-electron chi connectivity index (χ3n) is 3.79. The van der Waals surface area contributed by atoms with Crippen LogP contribution in [0.25, 0.3) is 0 Å². The third-order valence-corrected chi connectivity index (χ3v) is 3.79. The predicted molar refractivity (Wildman–Crippen MR) is 87.1 cm³/mol. The van der Waals surface area contributed by atoms with E-state index in [4.69, 9.17) is 0 Å². The summed E-state index contributed by atoms with van der Waals surface area (Å²) in [5.74, 6) is -0.148. The molecule has 1 nitrogen and oxygen atoms in total. The molecule has 0 bridgehead atoms. The van der Waals surface area contributed by atoms with Crippen LogP contribution in [0.15, 0.2) is 48.5 Å². The largest absolute Gasteiger partial charge is 0.316 e. The molecule has 2 aromatic rings. The molecule has 0 spiro atoms. The normalized spacial score (nSPS) is 10.8. The number of hydrogen-bond acceptors (Lipinski definition) is 1. The van der Waals surface area contributed by atoms with E-state index in [1.807, 2.05) is 13.0 Å². The van der Waals surface area contributed by atoms with Crippen LogP contribution in [0.2, 0.25) is 0 Å². The number of aryl methyl sites for hydroxylation is 2. The van der Waals surface area contributed by atoms with Crippen molar-refractivity contribution in [2.75, 3.05) is 13.1 Å². The Labute approximate surface area is 127 Å². The fourth-order valence-electron chi connectivity index (χ4n) is 2.51. The van der Waals surface area contributed by atoms with Gasteiger partial charge in [-0.25, -0.2) is 4.39 Å². The Morgan fingerprint density at radius 3 is 2.48 bits per heavy atom. The highest BCUT2D eigenvalue weighted by atomic mass is 19.1. The van der Waals surface area contributed by atoms with Gasteiger partial charge in [0, 0.05) is 0 Å². The highest BCUT2D eigenvalue weighted by molar-refractivity contribution is 5.26. The molecule has 2 aromatic carbocycles. The van der Waals surface area contributed by atoms with E-state index in [0.717, 1.165) is 31.5 Å². The Bertz CT molecular complexity index is 537. The minimum atomic E-state index is -0.148. The highest BCUT2D eigenvalue weighted by Crippen LogP contribution is 2.10. The second-order valence-corrected chi connectivity index (χ2v) is 5.51. The lowest BCUT2D eigenvalue weighted by Gasteiger charge is -2.07. The predicted octanol–water partition coefficient (Wildman–Crippen LogP) is 4.29. The molecule has 0 saturated heterocycles. The van der Waals surface area contributed by atoms with Gasteiger partial charge in [0.05, 0.1) is 0 Å². The Morgan fingerprint density at radius 1 is 0.905 bits per heavy atom. The topological polar surface area (TPSA) is 12.0 Å². The minimum absolute atomic E-state index is 0.148. The quantitative estimate of drug-likeness (QED) is 0.713. The van der Waals surface area contributed by atoms with E-state index < -0.39 is 0 Å². The summed E-state index contributed by atoms with van der Waals surface area (Å²) < 4.78 is 13.0. The summed E-state index contributed by atoms with van der Waals surface area (Å²) in [5.41, 5.74) is 3.69. The fourth-order valence-corrected chi connectivity index (χ4v) is 2.51. The molecule has 0 amide bonds. The molecular weight excluding hydrogens is 261 g/mol. The van der Waals surface area contributed by atoms with Crippen LogP contribution in [-0.4, -0.2) is 13.1 Å². The van der Waals surface area contributed by atoms with Gasteiger partial charge in [-0.05, 0) is 74.5 Å². The molecular formula is C19H24FN. The molecule has 0 unspecified atom stereocenters. The molecule has 0 heterocycles. The van der Waals surface area contributed by atoms with Crippen LogP contribution < -0.4 is 5.32 Å². The van der Waals surface area contributed by atoms with E-state index in [9.17, 15) is 4.39 Å². The maximum atomic E-state index is 13.0. The zero-order valence-corrected chi connectivity index (χ0v) is 12.7. The van der Waals surface area contributed by atoms with Gasteiger partial charge in [0.25, 0.3) is 0 Å². The van der Waals surface area contributed by atoms with Gasteiger partial charge in [-0.2, -0.15) is 0 Å². The first-order valence-corrected chi connectivity index (χ1v) is 7.75. The highest BCUT2D eigenvalue weighted by Gasteiger charge is 1.99. The maximum Gasteiger partial charge on any atom is 0.123 e. The van der Waals surface area contributed by atoms with Crippen molar-refractivity contribution >= 4 is 0 Å². The monoisotopic (exact) mass is 285 g/mol. The van der Waals surface area contributed by atoms with Crippen LogP contribution >= 0.6 is 0 Å². The summed E-state index contributed by atoms with van der Waals surface area (Å²) in [6.07, 6.45) is 4.52. The second-order valence-electron chi connectivity index (χ2n) is 5.51. The van der Waals surface area contributed by atoms with Crippen LogP contribution in [0, 0.1) is 12.7 Å². The molecule has 21 heavy (non-hydrogen) atoms. The van der Waals surface area contributed by atoms with E-state index in [0.29, 0.717) is 0 Å². The summed E-state index contributed by atoms with van der Waals surface area (Å²) in [7, 11) is 0. The molecule has 2 heteroatoms. The number of halogens is 1. The van der Waals surface area contributed by atoms with Crippen molar-refractivity contribution in [1.82, 2.24) is 5.32 Å². The molecule has 2 rings (SSSR count). The molecule has 0 aliphatic heterocycles. The molecule has 0 aliphatic rings. The van der Waals surface area contributed by atoms with Crippen molar-refractivity contribution in [2.24, 2.45) is 0 Å². The van der Waals surface area contributed by atoms with Crippen LogP contribution in [0.5, 0.6) is 0 Å². The van der Waals surface area contributed by atoms with Gasteiger partial charge in [0.1, 0.15) is 5.82 Å². The summed E-state index contributed by atoms with van der Waals surface area (Å²) >= 11 is 0. The van der Waals surface area contributed by atoms with E-state index in [-0.39, 0.29) is 5.82 Å². The van der Waals surface area contributed by atoms with Crippen LogP contribution in [0.3, 0.4) is 0 Å². The minimum Gasteiger partial charge on any atom is -0.316 e. The van der Waals surface area contributed by atoms with Crippen molar-refractivity contribution in [1.29, 1.82) is 0 Å². The number of nitrogens with one attached hydrogen (secondary N) is 1. The second kappa shape index (κ2) is 8.58. The number of unbranched alkanes of at least 4 members (excludes halogenated alkanes) is 1. The maximum absolute atomic E-state index is 13.0. The summed E-state index contributed by atoms with van der Waals surface area (Å²) in [6, 6.07) is 15.7. The number of benzene rings is 2. The first-order valence-electron chi connectivity index (χ1n) is 7.75. The zero-order valence-electron chi connectivity index (χ0n) is 12.7. The lowest BCUT2D eigenvalue weighted by molar-refractivity contribution is 0.616. The Kier molecular flexibility index (Phi) is 6.42. The smallest absolute Gasteiger partial charge is 0.123 e. The standard InChI is InChI=1S/C19H24FN/c1-16-15-19(20)11-10-18(16)12-14-21-13-6-5-9-17-7-3-2-4-8-17/h2-4,7-8,10-11,15,21H,5-6,9,12-14H2,1H3. The lowest BCUT2D eigenvalue weighted by Crippen LogP contribution is -2.19. The van der Waals surface area contributed by atoms with Crippen LogP contribution in [-0.2, 0) is 12.8 Å². The van der Waals surface area contributed by atoms with Gasteiger partial charge in [0.2, 0.25) is 0 Å². The van der Waals surface area contributed by atoms with Gasteiger partial charge >= 0.3 is 0 Å². The van der Waals surface area contributed by atoms with Crippen molar-refractivity contribution in [3.63, 3.8) is 0 Å². The molecule has 1 N–H and O–H groups in total. The van der Waals surface area contributed by atoms with Crippen molar-refractivity contribution in [3.05, 3.63) is 71.0 Å². The van der Waals surface area contributed by atoms with Gasteiger partial charge in [-0.3, -0.25) is 0 Å². The van der Waals surface area contributed by atoms with Crippen molar-refractivity contribution in [2.45, 2.75) is 32.6 Å². The first-order chi connectivity index (χ1) is 10.3. The summed E-state index contributed by atoms with van der Waals surface area (Å²) in [5, 5.41) is 3.47. The summed E-state index contributed by atoms with van der Waals surface area (Å²) in [6.45, 7) is 3.98. The van der Waals surface area contributed by atoms with Crippen LogP contribution in [0.4, 0.5) is 4.39 Å². The first kappa shape index (κ1) is 15.7. The fraction of sp³-hybridized carbons (Fsp3) is 0.368. The summed E-state index contributed by atoms with van der Waals surface area (Å²) in [4.78, 5) is 0. The average molecular weight is 285 g/mol. The average Bonchev–Trinajstić information content (AvgIpc) is 2.49. The van der Waals surface area contributed by atoms with E-state index in [1.165, 1.54) is 24.0 Å². The third kappa shape index (κ3) is 5.68. The molecule has 0 aromatic heterocycles. The zero-order chi connectivity index (χ0) is 14.9. The number of rotatable bonds is 8. The van der Waals surface area contributed by atoms with Crippen LogP contribution in [0.1, 0.15) is 29.5 Å². The van der Waals surface area contributed by atoms with Crippen molar-refractivity contribution in [3.8, 4) is 0 Å². The SMILES string of the molecule is Cc1cc(F)ccc1CCNCCCCc1ccccc1. The Morgan fingerprint density at radius 2 is 1.71 bits per heavy atom. The number of hydrogen-bond donors (Lipinski definition) is 1.